The van der Waals surface area contributed by atoms with Crippen molar-refractivity contribution in [2.45, 2.75) is 52.1 Å². The molecule has 17 heavy (non-hydrogen) atoms. The van der Waals surface area contributed by atoms with Crippen molar-refractivity contribution in [1.29, 1.82) is 0 Å². The molecule has 1 N–H and O–H groups in total. The van der Waals surface area contributed by atoms with Gasteiger partial charge in [0.05, 0.1) is 6.10 Å². The molecule has 0 aliphatic heterocycles. The van der Waals surface area contributed by atoms with Gasteiger partial charge < -0.3 is 5.11 Å². The van der Waals surface area contributed by atoms with E-state index < -0.39 is 0 Å². The molecule has 0 saturated heterocycles. The molecule has 2 unspecified atom stereocenters. The topological polar surface area (TPSA) is 20.2 Å². The van der Waals surface area contributed by atoms with Gasteiger partial charge in [-0.3, -0.25) is 0 Å². The van der Waals surface area contributed by atoms with E-state index in [0.717, 1.165) is 6.42 Å². The summed E-state index contributed by atoms with van der Waals surface area (Å²) in [5, 5.41) is 10.2. The normalized spacial score (nSPS) is 26.6. The van der Waals surface area contributed by atoms with E-state index in [0.29, 0.717) is 11.3 Å². The van der Waals surface area contributed by atoms with Crippen molar-refractivity contribution in [3.05, 3.63) is 34.9 Å². The van der Waals surface area contributed by atoms with E-state index in [2.05, 4.69) is 32.0 Å². The summed E-state index contributed by atoms with van der Waals surface area (Å²) < 4.78 is 0. The lowest BCUT2D eigenvalue weighted by atomic mass is 9.97. The van der Waals surface area contributed by atoms with Crippen LogP contribution in [0.25, 0.3) is 0 Å². The van der Waals surface area contributed by atoms with Crippen molar-refractivity contribution >= 4 is 0 Å². The average molecular weight is 230 g/mol. The number of aliphatic hydroxyl groups is 1. The Morgan fingerprint density at radius 2 is 2.00 bits per heavy atom. The minimum absolute atomic E-state index is 0.149. The van der Waals surface area contributed by atoms with Crippen LogP contribution in [0.1, 0.15) is 43.4 Å². The summed E-state index contributed by atoms with van der Waals surface area (Å²) in [4.78, 5) is 0. The number of aryl methyl sites for hydroxylation is 2. The summed E-state index contributed by atoms with van der Waals surface area (Å²) >= 11 is 0. The predicted octanol–water partition coefficient (Wildman–Crippen LogP) is 3.12. The largest absolute Gasteiger partial charge is 0.392 e. The number of hydrogen-bond donors (Lipinski definition) is 1. The first-order chi connectivity index (χ1) is 8.06. The van der Waals surface area contributed by atoms with E-state index in [1.165, 1.54) is 42.4 Å². The molecule has 2 aliphatic carbocycles. The van der Waals surface area contributed by atoms with Gasteiger partial charge in [-0.15, -0.1) is 0 Å². The predicted molar refractivity (Wildman–Crippen MR) is 70.1 cm³/mol. The van der Waals surface area contributed by atoms with E-state index in [1.807, 2.05) is 0 Å². The molecule has 1 aromatic rings. The van der Waals surface area contributed by atoms with Crippen molar-refractivity contribution in [2.75, 3.05) is 0 Å². The Hall–Kier alpha value is -0.820. The van der Waals surface area contributed by atoms with Crippen LogP contribution in [0.3, 0.4) is 0 Å². The van der Waals surface area contributed by atoms with Gasteiger partial charge in [-0.2, -0.15) is 0 Å². The van der Waals surface area contributed by atoms with Crippen molar-refractivity contribution in [1.82, 2.24) is 0 Å². The van der Waals surface area contributed by atoms with Gasteiger partial charge in [-0.25, -0.2) is 0 Å². The highest BCUT2D eigenvalue weighted by Crippen LogP contribution is 2.54. The van der Waals surface area contributed by atoms with Gasteiger partial charge in [-0.1, -0.05) is 32.0 Å². The summed E-state index contributed by atoms with van der Waals surface area (Å²) in [6, 6.07) is 6.80. The van der Waals surface area contributed by atoms with Crippen LogP contribution in [0.5, 0.6) is 0 Å². The molecule has 0 heterocycles. The third-order valence-corrected chi connectivity index (χ3v) is 4.66. The summed E-state index contributed by atoms with van der Waals surface area (Å²) in [5.41, 5.74) is 4.73. The maximum absolute atomic E-state index is 10.2. The maximum atomic E-state index is 10.2. The zero-order valence-corrected chi connectivity index (χ0v) is 10.9. The standard InChI is InChI=1S/C16H22O/c1-16(2)10-14(16)15(17)9-11-6-7-12-4-3-5-13(12)8-11/h6-8,14-15,17H,3-5,9-10H2,1-2H3. The van der Waals surface area contributed by atoms with Gasteiger partial charge in [0.15, 0.2) is 0 Å². The fourth-order valence-corrected chi connectivity index (χ4v) is 3.30. The van der Waals surface area contributed by atoms with Crippen LogP contribution in [0.2, 0.25) is 0 Å². The Morgan fingerprint density at radius 1 is 1.29 bits per heavy atom. The van der Waals surface area contributed by atoms with Gasteiger partial charge in [0.2, 0.25) is 0 Å². The molecule has 1 fully saturated rings. The van der Waals surface area contributed by atoms with E-state index in [-0.39, 0.29) is 6.10 Å². The van der Waals surface area contributed by atoms with E-state index >= 15 is 0 Å². The van der Waals surface area contributed by atoms with E-state index in [4.69, 9.17) is 0 Å². The fraction of sp³-hybridized carbons (Fsp3) is 0.625. The van der Waals surface area contributed by atoms with Crippen molar-refractivity contribution in [2.24, 2.45) is 11.3 Å². The molecule has 1 nitrogen and oxygen atoms in total. The number of hydrogen-bond acceptors (Lipinski definition) is 1. The van der Waals surface area contributed by atoms with Gasteiger partial charge in [0.25, 0.3) is 0 Å². The Labute approximate surface area is 104 Å². The molecule has 0 spiro atoms. The molecule has 0 aromatic heterocycles. The molecule has 3 rings (SSSR count). The first-order valence-corrected chi connectivity index (χ1v) is 6.85. The molecular weight excluding hydrogens is 208 g/mol. The number of aliphatic hydroxyl groups excluding tert-OH is 1. The van der Waals surface area contributed by atoms with Crippen LogP contribution in [0, 0.1) is 11.3 Å². The van der Waals surface area contributed by atoms with Gasteiger partial charge >= 0.3 is 0 Å². The first-order valence-electron chi connectivity index (χ1n) is 6.85. The molecule has 1 saturated carbocycles. The van der Waals surface area contributed by atoms with Crippen LogP contribution in [-0.2, 0) is 19.3 Å². The Bertz CT molecular complexity index is 433. The third-order valence-electron chi connectivity index (χ3n) is 4.66. The second kappa shape index (κ2) is 3.84. The molecule has 0 bridgehead atoms. The molecule has 2 aliphatic rings. The quantitative estimate of drug-likeness (QED) is 0.846. The SMILES string of the molecule is CC1(C)CC1C(O)Cc1ccc2c(c1)CCC2. The van der Waals surface area contributed by atoms with Gasteiger partial charge in [0, 0.05) is 0 Å². The third kappa shape index (κ3) is 2.13. The van der Waals surface area contributed by atoms with Crippen molar-refractivity contribution in [3.8, 4) is 0 Å². The van der Waals surface area contributed by atoms with Crippen molar-refractivity contribution in [3.63, 3.8) is 0 Å². The monoisotopic (exact) mass is 230 g/mol. The zero-order chi connectivity index (χ0) is 12.0. The minimum atomic E-state index is -0.149. The number of benzene rings is 1. The van der Waals surface area contributed by atoms with Gasteiger partial charge in [0.1, 0.15) is 0 Å². The van der Waals surface area contributed by atoms with Crippen LogP contribution in [0.4, 0.5) is 0 Å². The summed E-state index contributed by atoms with van der Waals surface area (Å²) in [7, 11) is 0. The Morgan fingerprint density at radius 3 is 2.71 bits per heavy atom. The first kappa shape index (κ1) is 11.3. The zero-order valence-electron chi connectivity index (χ0n) is 10.9. The molecule has 0 amide bonds. The summed E-state index contributed by atoms with van der Waals surface area (Å²) in [6.45, 7) is 4.51. The maximum Gasteiger partial charge on any atom is 0.0614 e. The number of fused-ring (bicyclic) bond motifs is 1. The van der Waals surface area contributed by atoms with E-state index in [9.17, 15) is 5.11 Å². The molecule has 0 radical (unpaired) electrons. The lowest BCUT2D eigenvalue weighted by molar-refractivity contribution is 0.137. The molecule has 2 atom stereocenters. The Balaban J connectivity index is 1.69. The van der Waals surface area contributed by atoms with Gasteiger partial charge in [-0.05, 0) is 60.1 Å². The summed E-state index contributed by atoms with van der Waals surface area (Å²) in [6.07, 6.45) is 5.64. The smallest absolute Gasteiger partial charge is 0.0614 e. The van der Waals surface area contributed by atoms with Crippen LogP contribution >= 0.6 is 0 Å². The molecule has 92 valence electrons. The van der Waals surface area contributed by atoms with Crippen molar-refractivity contribution < 1.29 is 5.11 Å². The minimum Gasteiger partial charge on any atom is -0.392 e. The molecular formula is C16H22O. The van der Waals surface area contributed by atoms with E-state index in [1.54, 1.807) is 0 Å². The highest BCUT2D eigenvalue weighted by atomic mass is 16.3. The highest BCUT2D eigenvalue weighted by Gasteiger charge is 2.49. The summed E-state index contributed by atoms with van der Waals surface area (Å²) in [5.74, 6) is 0.510. The number of rotatable bonds is 3. The lowest BCUT2D eigenvalue weighted by Crippen LogP contribution is -2.16. The molecule has 1 aromatic carbocycles. The average Bonchev–Trinajstić information content (AvgIpc) is 2.73. The second-order valence-corrected chi connectivity index (χ2v) is 6.53. The Kier molecular flexibility index (Phi) is 2.55. The highest BCUT2D eigenvalue weighted by molar-refractivity contribution is 5.35. The van der Waals surface area contributed by atoms with Crippen LogP contribution in [-0.4, -0.2) is 11.2 Å². The molecule has 1 heteroatoms. The lowest BCUT2D eigenvalue weighted by Gasteiger charge is -2.13. The fourth-order valence-electron chi connectivity index (χ4n) is 3.30. The van der Waals surface area contributed by atoms with Crippen LogP contribution in [0.15, 0.2) is 18.2 Å². The van der Waals surface area contributed by atoms with Crippen LogP contribution < -0.4 is 0 Å². The second-order valence-electron chi connectivity index (χ2n) is 6.53.